The second-order valence-corrected chi connectivity index (χ2v) is 7.88. The van der Waals surface area contributed by atoms with Gasteiger partial charge in [0.15, 0.2) is 0 Å². The number of piperidine rings is 1. The number of hydrogen-bond donors (Lipinski definition) is 1. The molecule has 1 fully saturated rings. The summed E-state index contributed by atoms with van der Waals surface area (Å²) in [6.07, 6.45) is 7.12. The predicted molar refractivity (Wildman–Crippen MR) is 109 cm³/mol. The van der Waals surface area contributed by atoms with Gasteiger partial charge in [0.2, 0.25) is 5.91 Å². The van der Waals surface area contributed by atoms with Crippen LogP contribution in [-0.4, -0.2) is 36.0 Å². The number of aryl methyl sites for hydroxylation is 2. The molecule has 1 aliphatic carbocycles. The second kappa shape index (κ2) is 8.74. The van der Waals surface area contributed by atoms with Crippen molar-refractivity contribution < 1.29 is 9.53 Å². The number of benzene rings is 1. The standard InChI is InChI=1S/C23H29N3O2/c1-28-22-14-19-6-4-5-18(19)13-20(22)15-25-23(27)17-8-11-26(12-9-17)16-21-7-2-3-10-24-21/h2-3,7,10,13-14,17H,4-6,8-9,11-12,15-16H2,1H3,(H,25,27). The quantitative estimate of drug-likeness (QED) is 0.838. The van der Waals surface area contributed by atoms with Gasteiger partial charge in [-0.15, -0.1) is 0 Å². The average Bonchev–Trinajstić information content (AvgIpc) is 3.20. The van der Waals surface area contributed by atoms with E-state index in [1.807, 2.05) is 18.3 Å². The van der Waals surface area contributed by atoms with Crippen molar-refractivity contribution in [3.8, 4) is 5.75 Å². The number of aromatic nitrogens is 1. The Labute approximate surface area is 167 Å². The number of ether oxygens (including phenoxy) is 1. The van der Waals surface area contributed by atoms with Gasteiger partial charge in [0.1, 0.15) is 5.75 Å². The molecule has 1 aliphatic heterocycles. The number of amides is 1. The van der Waals surface area contributed by atoms with E-state index in [2.05, 4.69) is 33.4 Å². The van der Waals surface area contributed by atoms with Gasteiger partial charge in [-0.05, 0) is 74.5 Å². The Kier molecular flexibility index (Phi) is 5.91. The Bertz CT molecular complexity index is 814. The Balaban J connectivity index is 1.28. The minimum Gasteiger partial charge on any atom is -0.496 e. The van der Waals surface area contributed by atoms with Crippen LogP contribution in [0.4, 0.5) is 0 Å². The molecule has 0 bridgehead atoms. The van der Waals surface area contributed by atoms with Gasteiger partial charge in [0, 0.05) is 30.8 Å². The van der Waals surface area contributed by atoms with Crippen molar-refractivity contribution in [2.45, 2.75) is 45.2 Å². The summed E-state index contributed by atoms with van der Waals surface area (Å²) in [6.45, 7) is 3.29. The first-order chi connectivity index (χ1) is 13.7. The molecule has 2 aromatic rings. The molecule has 5 nitrogen and oxygen atoms in total. The monoisotopic (exact) mass is 379 g/mol. The Morgan fingerprint density at radius 2 is 2.00 bits per heavy atom. The molecule has 1 saturated heterocycles. The maximum Gasteiger partial charge on any atom is 0.223 e. The van der Waals surface area contributed by atoms with Crippen LogP contribution < -0.4 is 10.1 Å². The van der Waals surface area contributed by atoms with E-state index in [1.54, 1.807) is 7.11 Å². The lowest BCUT2D eigenvalue weighted by Crippen LogP contribution is -2.40. The fourth-order valence-electron chi connectivity index (χ4n) is 4.38. The highest BCUT2D eigenvalue weighted by atomic mass is 16.5. The maximum atomic E-state index is 12.7. The van der Waals surface area contributed by atoms with Gasteiger partial charge in [-0.2, -0.15) is 0 Å². The Morgan fingerprint density at radius 3 is 2.71 bits per heavy atom. The molecule has 0 spiro atoms. The molecule has 0 unspecified atom stereocenters. The Hall–Kier alpha value is -2.40. The minimum atomic E-state index is 0.0976. The number of pyridine rings is 1. The van der Waals surface area contributed by atoms with E-state index in [0.29, 0.717) is 6.54 Å². The number of nitrogens with one attached hydrogen (secondary N) is 1. The van der Waals surface area contributed by atoms with Crippen molar-refractivity contribution in [2.24, 2.45) is 5.92 Å². The lowest BCUT2D eigenvalue weighted by molar-refractivity contribution is -0.126. The smallest absolute Gasteiger partial charge is 0.223 e. The van der Waals surface area contributed by atoms with Crippen molar-refractivity contribution in [3.63, 3.8) is 0 Å². The van der Waals surface area contributed by atoms with E-state index >= 15 is 0 Å². The number of carbonyl (C=O) groups excluding carboxylic acids is 1. The fraction of sp³-hybridized carbons (Fsp3) is 0.478. The summed E-state index contributed by atoms with van der Waals surface area (Å²) in [7, 11) is 1.71. The van der Waals surface area contributed by atoms with Crippen LogP contribution in [0.3, 0.4) is 0 Å². The number of methoxy groups -OCH3 is 1. The van der Waals surface area contributed by atoms with Gasteiger partial charge in [-0.3, -0.25) is 14.7 Å². The zero-order chi connectivity index (χ0) is 19.3. The highest BCUT2D eigenvalue weighted by molar-refractivity contribution is 5.78. The molecule has 4 rings (SSSR count). The summed E-state index contributed by atoms with van der Waals surface area (Å²) in [4.78, 5) is 19.5. The first kappa shape index (κ1) is 18.9. The number of fused-ring (bicyclic) bond motifs is 1. The fourth-order valence-corrected chi connectivity index (χ4v) is 4.38. The molecule has 1 aromatic heterocycles. The molecule has 148 valence electrons. The van der Waals surface area contributed by atoms with E-state index < -0.39 is 0 Å². The van der Waals surface area contributed by atoms with E-state index in [9.17, 15) is 4.79 Å². The zero-order valence-electron chi connectivity index (χ0n) is 16.6. The average molecular weight is 380 g/mol. The van der Waals surface area contributed by atoms with Gasteiger partial charge in [-0.25, -0.2) is 0 Å². The van der Waals surface area contributed by atoms with Gasteiger partial charge in [-0.1, -0.05) is 12.1 Å². The molecule has 0 atom stereocenters. The van der Waals surface area contributed by atoms with E-state index in [4.69, 9.17) is 4.74 Å². The molecule has 2 aliphatic rings. The summed E-state index contributed by atoms with van der Waals surface area (Å²) in [5.41, 5.74) is 4.98. The van der Waals surface area contributed by atoms with Gasteiger partial charge >= 0.3 is 0 Å². The maximum absolute atomic E-state index is 12.7. The molecule has 0 saturated carbocycles. The topological polar surface area (TPSA) is 54.5 Å². The van der Waals surface area contributed by atoms with Crippen LogP contribution in [-0.2, 0) is 30.7 Å². The number of hydrogen-bond acceptors (Lipinski definition) is 4. The lowest BCUT2D eigenvalue weighted by Gasteiger charge is -2.31. The molecule has 1 aromatic carbocycles. The van der Waals surface area contributed by atoms with Gasteiger partial charge in [0.05, 0.1) is 12.8 Å². The number of nitrogens with zero attached hydrogens (tertiary/aromatic N) is 2. The SMILES string of the molecule is COc1cc2c(cc1CNC(=O)C1CCN(Cc3ccccn3)CC1)CCC2. The number of carbonyl (C=O) groups is 1. The highest BCUT2D eigenvalue weighted by Gasteiger charge is 2.25. The largest absolute Gasteiger partial charge is 0.496 e. The van der Waals surface area contributed by atoms with Gasteiger partial charge in [0.25, 0.3) is 0 Å². The Morgan fingerprint density at radius 1 is 1.21 bits per heavy atom. The zero-order valence-corrected chi connectivity index (χ0v) is 16.6. The third-order valence-corrected chi connectivity index (χ3v) is 6.02. The van der Waals surface area contributed by atoms with Gasteiger partial charge < -0.3 is 10.1 Å². The minimum absolute atomic E-state index is 0.0976. The van der Waals surface area contributed by atoms with Crippen molar-refractivity contribution in [1.29, 1.82) is 0 Å². The first-order valence-electron chi connectivity index (χ1n) is 10.3. The number of rotatable bonds is 6. The molecule has 2 heterocycles. The normalized spacial score (nSPS) is 17.3. The summed E-state index contributed by atoms with van der Waals surface area (Å²) in [5, 5.41) is 3.15. The molecule has 1 N–H and O–H groups in total. The van der Waals surface area contributed by atoms with Crippen LogP contribution in [0, 0.1) is 5.92 Å². The van der Waals surface area contributed by atoms with E-state index in [0.717, 1.165) is 62.3 Å². The predicted octanol–water partition coefficient (Wildman–Crippen LogP) is 3.11. The van der Waals surface area contributed by atoms with Crippen molar-refractivity contribution in [3.05, 3.63) is 58.9 Å². The van der Waals surface area contributed by atoms with Crippen molar-refractivity contribution in [1.82, 2.24) is 15.2 Å². The third-order valence-electron chi connectivity index (χ3n) is 6.02. The van der Waals surface area contributed by atoms with Crippen LogP contribution in [0.5, 0.6) is 5.75 Å². The molecule has 5 heteroatoms. The van der Waals surface area contributed by atoms with Crippen molar-refractivity contribution >= 4 is 5.91 Å². The number of likely N-dealkylation sites (tertiary alicyclic amines) is 1. The lowest BCUT2D eigenvalue weighted by atomic mass is 9.95. The molecule has 0 radical (unpaired) electrons. The summed E-state index contributed by atoms with van der Waals surface area (Å²) in [5.74, 6) is 1.16. The summed E-state index contributed by atoms with van der Waals surface area (Å²) < 4.78 is 5.56. The molecule has 1 amide bonds. The third kappa shape index (κ3) is 4.36. The summed E-state index contributed by atoms with van der Waals surface area (Å²) >= 11 is 0. The molecule has 28 heavy (non-hydrogen) atoms. The van der Waals surface area contributed by atoms with Crippen molar-refractivity contribution in [2.75, 3.05) is 20.2 Å². The first-order valence-corrected chi connectivity index (χ1v) is 10.3. The van der Waals surface area contributed by atoms with Crippen LogP contribution in [0.25, 0.3) is 0 Å². The van der Waals surface area contributed by atoms with Crippen LogP contribution >= 0.6 is 0 Å². The van der Waals surface area contributed by atoms with E-state index in [-0.39, 0.29) is 11.8 Å². The second-order valence-electron chi connectivity index (χ2n) is 7.88. The van der Waals surface area contributed by atoms with Crippen LogP contribution in [0.1, 0.15) is 41.6 Å². The van der Waals surface area contributed by atoms with E-state index in [1.165, 1.54) is 17.5 Å². The van der Waals surface area contributed by atoms with Crippen LogP contribution in [0.2, 0.25) is 0 Å². The van der Waals surface area contributed by atoms with Crippen LogP contribution in [0.15, 0.2) is 36.5 Å². The molecular weight excluding hydrogens is 350 g/mol. The highest BCUT2D eigenvalue weighted by Crippen LogP contribution is 2.30. The summed E-state index contributed by atoms with van der Waals surface area (Å²) in [6, 6.07) is 10.4. The molecular formula is C23H29N3O2.